The maximum absolute atomic E-state index is 12.8. The first kappa shape index (κ1) is 19.6. The molecule has 28 heavy (non-hydrogen) atoms. The second-order valence-electron chi connectivity index (χ2n) is 7.80. The number of carbonyl (C=O) groups excluding carboxylic acids is 1. The lowest BCUT2D eigenvalue weighted by atomic mass is 10.0. The molecule has 3 aromatic rings. The number of nitrogens with one attached hydrogen (secondary N) is 2. The number of benzene rings is 1. The fourth-order valence-corrected chi connectivity index (χ4v) is 3.19. The third-order valence-corrected chi connectivity index (χ3v) is 5.17. The standard InChI is InChI=1S/C22H23N3O2Si/c1-15(19-11-12-21(26)25-24-19)18-9-10-20(23-18)22(27)17-7-5-16(6-8-17)13-14-28(2,3)4/h5-12,15,23H,1-4H3,(H,25,26). The highest BCUT2D eigenvalue weighted by Crippen LogP contribution is 2.22. The minimum Gasteiger partial charge on any atom is -0.355 e. The highest BCUT2D eigenvalue weighted by molar-refractivity contribution is 6.83. The molecule has 1 aromatic carbocycles. The van der Waals surface area contributed by atoms with Crippen LogP contribution >= 0.6 is 0 Å². The largest absolute Gasteiger partial charge is 0.355 e. The summed E-state index contributed by atoms with van der Waals surface area (Å²) in [7, 11) is -1.43. The van der Waals surface area contributed by atoms with Crippen LogP contribution in [-0.2, 0) is 0 Å². The normalized spacial score (nSPS) is 12.1. The summed E-state index contributed by atoms with van der Waals surface area (Å²) in [6, 6.07) is 14.2. The van der Waals surface area contributed by atoms with Gasteiger partial charge in [0.05, 0.1) is 11.4 Å². The van der Waals surface area contributed by atoms with Crippen LogP contribution in [0.5, 0.6) is 0 Å². The SMILES string of the molecule is CC(c1ccc(=O)[nH]n1)c1ccc(C(=O)c2ccc(C#C[Si](C)(C)C)cc2)[nH]1. The van der Waals surface area contributed by atoms with Crippen molar-refractivity contribution in [2.45, 2.75) is 32.5 Å². The molecule has 0 fully saturated rings. The molecule has 2 N–H and O–H groups in total. The maximum atomic E-state index is 12.8. The molecular formula is C22H23N3O2Si. The third kappa shape index (κ3) is 4.75. The monoisotopic (exact) mass is 389 g/mol. The Morgan fingerprint density at radius 3 is 2.36 bits per heavy atom. The van der Waals surface area contributed by atoms with Crippen molar-refractivity contribution in [1.82, 2.24) is 15.2 Å². The third-order valence-electron chi connectivity index (χ3n) is 4.29. The molecular weight excluding hydrogens is 366 g/mol. The van der Waals surface area contributed by atoms with Crippen LogP contribution in [0.2, 0.25) is 19.6 Å². The van der Waals surface area contributed by atoms with Crippen molar-refractivity contribution in [3.8, 4) is 11.5 Å². The van der Waals surface area contributed by atoms with Gasteiger partial charge in [-0.2, -0.15) is 5.10 Å². The molecule has 1 unspecified atom stereocenters. The zero-order valence-electron chi connectivity index (χ0n) is 16.5. The Balaban J connectivity index is 1.77. The fourth-order valence-electron chi connectivity index (χ4n) is 2.67. The average Bonchev–Trinajstić information content (AvgIpc) is 3.16. The highest BCUT2D eigenvalue weighted by Gasteiger charge is 2.16. The molecule has 0 aliphatic heterocycles. The van der Waals surface area contributed by atoms with Crippen molar-refractivity contribution in [1.29, 1.82) is 0 Å². The second-order valence-corrected chi connectivity index (χ2v) is 12.6. The van der Waals surface area contributed by atoms with Crippen LogP contribution in [0, 0.1) is 11.5 Å². The van der Waals surface area contributed by atoms with Crippen molar-refractivity contribution in [2.75, 3.05) is 0 Å². The molecule has 0 aliphatic rings. The minimum absolute atomic E-state index is 0.0717. The predicted molar refractivity (Wildman–Crippen MR) is 113 cm³/mol. The number of aromatic amines is 2. The van der Waals surface area contributed by atoms with Crippen LogP contribution in [0.4, 0.5) is 0 Å². The quantitative estimate of drug-likeness (QED) is 0.406. The Morgan fingerprint density at radius 1 is 1.04 bits per heavy atom. The van der Waals surface area contributed by atoms with Crippen LogP contribution in [0.3, 0.4) is 0 Å². The Kier molecular flexibility index (Phi) is 5.47. The summed E-state index contributed by atoms with van der Waals surface area (Å²) in [5, 5.41) is 6.49. The van der Waals surface area contributed by atoms with Crippen molar-refractivity contribution >= 4 is 13.9 Å². The number of hydrogen-bond acceptors (Lipinski definition) is 3. The van der Waals surface area contributed by atoms with Crippen molar-refractivity contribution < 1.29 is 4.79 Å². The summed E-state index contributed by atoms with van der Waals surface area (Å²) in [6.07, 6.45) is 0. The van der Waals surface area contributed by atoms with E-state index in [9.17, 15) is 9.59 Å². The van der Waals surface area contributed by atoms with Gasteiger partial charge in [0.15, 0.2) is 0 Å². The molecule has 6 heteroatoms. The molecule has 0 spiro atoms. The van der Waals surface area contributed by atoms with Gasteiger partial charge in [0, 0.05) is 28.8 Å². The molecule has 0 bridgehead atoms. The van der Waals surface area contributed by atoms with E-state index < -0.39 is 8.07 Å². The van der Waals surface area contributed by atoms with Gasteiger partial charge in [-0.1, -0.05) is 32.5 Å². The summed E-state index contributed by atoms with van der Waals surface area (Å²) in [6.45, 7) is 8.56. The van der Waals surface area contributed by atoms with E-state index in [4.69, 9.17) is 0 Å². The van der Waals surface area contributed by atoms with Gasteiger partial charge in [0.1, 0.15) is 8.07 Å². The molecule has 2 aromatic heterocycles. The average molecular weight is 390 g/mol. The van der Waals surface area contributed by atoms with Gasteiger partial charge in [-0.3, -0.25) is 9.59 Å². The van der Waals surface area contributed by atoms with Gasteiger partial charge < -0.3 is 4.98 Å². The van der Waals surface area contributed by atoms with E-state index in [2.05, 4.69) is 46.3 Å². The van der Waals surface area contributed by atoms with Crippen LogP contribution in [0.1, 0.15) is 45.8 Å². The van der Waals surface area contributed by atoms with Gasteiger partial charge in [0.2, 0.25) is 5.78 Å². The van der Waals surface area contributed by atoms with Gasteiger partial charge in [-0.15, -0.1) is 5.54 Å². The molecule has 5 nitrogen and oxygen atoms in total. The Bertz CT molecular complexity index is 1090. The van der Waals surface area contributed by atoms with E-state index in [0.717, 1.165) is 17.0 Å². The van der Waals surface area contributed by atoms with Crippen molar-refractivity contribution in [3.63, 3.8) is 0 Å². The zero-order chi connectivity index (χ0) is 20.3. The fraction of sp³-hybridized carbons (Fsp3) is 0.227. The number of aromatic nitrogens is 3. The van der Waals surface area contributed by atoms with Crippen LogP contribution in [0.15, 0.2) is 53.3 Å². The van der Waals surface area contributed by atoms with Gasteiger partial charge in [0.25, 0.3) is 5.56 Å². The van der Waals surface area contributed by atoms with E-state index in [1.165, 1.54) is 6.07 Å². The first-order valence-electron chi connectivity index (χ1n) is 9.15. The smallest absolute Gasteiger partial charge is 0.264 e. The first-order valence-corrected chi connectivity index (χ1v) is 12.7. The number of H-pyrrole nitrogens is 2. The van der Waals surface area contributed by atoms with E-state index in [0.29, 0.717) is 11.3 Å². The second kappa shape index (κ2) is 7.83. The molecule has 3 rings (SSSR count). The Hall–Kier alpha value is -3.17. The van der Waals surface area contributed by atoms with Crippen molar-refractivity contribution in [2.24, 2.45) is 0 Å². The van der Waals surface area contributed by atoms with Gasteiger partial charge in [-0.25, -0.2) is 5.10 Å². The zero-order valence-corrected chi connectivity index (χ0v) is 17.5. The molecule has 2 heterocycles. The van der Waals surface area contributed by atoms with Crippen LogP contribution in [0.25, 0.3) is 0 Å². The molecule has 142 valence electrons. The van der Waals surface area contributed by atoms with E-state index in [1.54, 1.807) is 12.1 Å². The lowest BCUT2D eigenvalue weighted by Gasteiger charge is -2.08. The van der Waals surface area contributed by atoms with Crippen LogP contribution < -0.4 is 5.56 Å². The summed E-state index contributed by atoms with van der Waals surface area (Å²) in [5.41, 5.74) is 6.73. The molecule has 1 atom stereocenters. The number of ketones is 1. The number of rotatable bonds is 4. The van der Waals surface area contributed by atoms with Crippen LogP contribution in [-0.4, -0.2) is 29.0 Å². The molecule has 0 saturated carbocycles. The van der Waals surface area contributed by atoms with Gasteiger partial charge >= 0.3 is 0 Å². The molecule has 0 aliphatic carbocycles. The number of carbonyl (C=O) groups is 1. The van der Waals surface area contributed by atoms with E-state index >= 15 is 0 Å². The maximum Gasteiger partial charge on any atom is 0.264 e. The summed E-state index contributed by atoms with van der Waals surface area (Å²) < 4.78 is 0. The molecule has 0 radical (unpaired) electrons. The van der Waals surface area contributed by atoms with E-state index in [-0.39, 0.29) is 17.3 Å². The topological polar surface area (TPSA) is 78.6 Å². The summed E-state index contributed by atoms with van der Waals surface area (Å²) in [5.74, 6) is 3.05. The predicted octanol–water partition coefficient (Wildman–Crippen LogP) is 3.71. The highest BCUT2D eigenvalue weighted by atomic mass is 28.3. The first-order chi connectivity index (χ1) is 13.2. The number of hydrogen-bond donors (Lipinski definition) is 2. The Morgan fingerprint density at radius 2 is 1.75 bits per heavy atom. The summed E-state index contributed by atoms with van der Waals surface area (Å²) in [4.78, 5) is 27.1. The summed E-state index contributed by atoms with van der Waals surface area (Å²) >= 11 is 0. The lowest BCUT2D eigenvalue weighted by Crippen LogP contribution is -2.16. The van der Waals surface area contributed by atoms with Crippen molar-refractivity contribution in [3.05, 3.63) is 87.1 Å². The Labute approximate surface area is 165 Å². The lowest BCUT2D eigenvalue weighted by molar-refractivity contribution is 0.103. The van der Waals surface area contributed by atoms with Gasteiger partial charge in [-0.05, 0) is 42.5 Å². The number of nitrogens with zero attached hydrogens (tertiary/aromatic N) is 1. The molecule has 0 saturated heterocycles. The molecule has 0 amide bonds. The minimum atomic E-state index is -1.43. The van der Waals surface area contributed by atoms with E-state index in [1.807, 2.05) is 37.3 Å².